The van der Waals surface area contributed by atoms with E-state index in [0.29, 0.717) is 41.5 Å². The molecule has 1 saturated heterocycles. The summed E-state index contributed by atoms with van der Waals surface area (Å²) in [6, 6.07) is 5.33. The van der Waals surface area contributed by atoms with E-state index in [1.165, 1.54) is 0 Å². The Labute approximate surface area is 167 Å². The average Bonchev–Trinajstić information content (AvgIpc) is 3.07. The quantitative estimate of drug-likeness (QED) is 0.754. The number of aromatic nitrogens is 2. The van der Waals surface area contributed by atoms with Gasteiger partial charge in [-0.25, -0.2) is 4.79 Å². The minimum absolute atomic E-state index is 0.0853. The first kappa shape index (κ1) is 19.9. The van der Waals surface area contributed by atoms with Gasteiger partial charge < -0.3 is 19.8 Å². The normalized spacial score (nSPS) is 17.7. The first-order valence-corrected chi connectivity index (χ1v) is 9.34. The molecule has 8 nitrogen and oxygen atoms in total. The third kappa shape index (κ3) is 6.07. The van der Waals surface area contributed by atoms with Gasteiger partial charge in [-0.2, -0.15) is 0 Å². The fraction of sp³-hybridized carbons (Fsp3) is 0.471. The zero-order valence-electron chi connectivity index (χ0n) is 14.9. The molecule has 1 aromatic heterocycles. The number of nitrogens with zero attached hydrogens (tertiary/aromatic N) is 3. The molecule has 1 atom stereocenters. The monoisotopic (exact) mass is 413 g/mol. The SMILES string of the molecule is Cc1nnc(CNC(=O)NCC2CN(Cc3ccc(Cl)c(Cl)c3)CCO2)o1. The van der Waals surface area contributed by atoms with Gasteiger partial charge in [0.25, 0.3) is 0 Å². The summed E-state index contributed by atoms with van der Waals surface area (Å²) in [7, 11) is 0. The van der Waals surface area contributed by atoms with E-state index in [9.17, 15) is 4.79 Å². The number of ether oxygens (including phenoxy) is 1. The molecule has 146 valence electrons. The van der Waals surface area contributed by atoms with E-state index in [-0.39, 0.29) is 18.7 Å². The van der Waals surface area contributed by atoms with Crippen molar-refractivity contribution in [3.05, 3.63) is 45.6 Å². The lowest BCUT2D eigenvalue weighted by molar-refractivity contribution is -0.0287. The summed E-state index contributed by atoms with van der Waals surface area (Å²) < 4.78 is 10.9. The van der Waals surface area contributed by atoms with Gasteiger partial charge in [-0.3, -0.25) is 4.90 Å². The van der Waals surface area contributed by atoms with Crippen LogP contribution in [0, 0.1) is 6.92 Å². The lowest BCUT2D eigenvalue weighted by atomic mass is 10.2. The van der Waals surface area contributed by atoms with Gasteiger partial charge in [-0.1, -0.05) is 29.3 Å². The number of halogens is 2. The van der Waals surface area contributed by atoms with E-state index in [1.807, 2.05) is 12.1 Å². The molecule has 27 heavy (non-hydrogen) atoms. The van der Waals surface area contributed by atoms with Crippen molar-refractivity contribution in [2.75, 3.05) is 26.2 Å². The van der Waals surface area contributed by atoms with E-state index >= 15 is 0 Å². The molecule has 0 bridgehead atoms. The molecule has 1 aliphatic heterocycles. The molecule has 0 spiro atoms. The van der Waals surface area contributed by atoms with Crippen LogP contribution in [0.15, 0.2) is 22.6 Å². The molecule has 0 aliphatic carbocycles. The van der Waals surface area contributed by atoms with E-state index in [0.717, 1.165) is 18.7 Å². The molecule has 2 amide bonds. The summed E-state index contributed by atoms with van der Waals surface area (Å²) in [5.41, 5.74) is 1.09. The minimum atomic E-state index is -0.309. The Morgan fingerprint density at radius 3 is 2.89 bits per heavy atom. The Morgan fingerprint density at radius 1 is 1.30 bits per heavy atom. The summed E-state index contributed by atoms with van der Waals surface area (Å²) in [5, 5.41) is 14.1. The van der Waals surface area contributed by atoms with Crippen molar-refractivity contribution in [1.82, 2.24) is 25.7 Å². The summed E-state index contributed by atoms with van der Waals surface area (Å²) >= 11 is 12.0. The van der Waals surface area contributed by atoms with Gasteiger partial charge in [0.2, 0.25) is 11.8 Å². The smallest absolute Gasteiger partial charge is 0.315 e. The van der Waals surface area contributed by atoms with Crippen LogP contribution >= 0.6 is 23.2 Å². The molecule has 3 rings (SSSR count). The van der Waals surface area contributed by atoms with E-state index in [2.05, 4.69) is 25.7 Å². The number of hydrogen-bond acceptors (Lipinski definition) is 6. The lowest BCUT2D eigenvalue weighted by Crippen LogP contribution is -2.48. The van der Waals surface area contributed by atoms with Crippen LogP contribution in [-0.4, -0.2) is 53.5 Å². The van der Waals surface area contributed by atoms with Crippen molar-refractivity contribution in [3.63, 3.8) is 0 Å². The second-order valence-corrected chi connectivity index (χ2v) is 7.07. The van der Waals surface area contributed by atoms with Gasteiger partial charge in [0.1, 0.15) is 0 Å². The third-order valence-corrected chi connectivity index (χ3v) is 4.81. The topological polar surface area (TPSA) is 92.5 Å². The van der Waals surface area contributed by atoms with Gasteiger partial charge in [-0.15, -0.1) is 10.2 Å². The summed E-state index contributed by atoms with van der Waals surface area (Å²) in [6.07, 6.45) is -0.0853. The van der Waals surface area contributed by atoms with Crippen molar-refractivity contribution in [1.29, 1.82) is 0 Å². The molecule has 2 heterocycles. The van der Waals surface area contributed by atoms with Crippen molar-refractivity contribution in [3.8, 4) is 0 Å². The van der Waals surface area contributed by atoms with Crippen LogP contribution in [0.3, 0.4) is 0 Å². The number of carbonyl (C=O) groups is 1. The standard InChI is InChI=1S/C17H21Cl2N5O3/c1-11-22-23-16(27-11)8-21-17(25)20-7-13-10-24(4-5-26-13)9-12-2-3-14(18)15(19)6-12/h2-3,6,13H,4-5,7-10H2,1H3,(H2,20,21,25). The molecule has 1 unspecified atom stereocenters. The molecule has 1 aliphatic rings. The number of nitrogens with one attached hydrogen (secondary N) is 2. The van der Waals surface area contributed by atoms with E-state index < -0.39 is 0 Å². The summed E-state index contributed by atoms with van der Waals surface area (Å²) in [4.78, 5) is 14.2. The predicted molar refractivity (Wildman–Crippen MR) is 101 cm³/mol. The number of hydrogen-bond donors (Lipinski definition) is 2. The highest BCUT2D eigenvalue weighted by molar-refractivity contribution is 6.42. The molecular formula is C17H21Cl2N5O3. The van der Waals surface area contributed by atoms with Gasteiger partial charge in [0, 0.05) is 33.1 Å². The van der Waals surface area contributed by atoms with Crippen molar-refractivity contribution in [2.45, 2.75) is 26.1 Å². The molecule has 0 saturated carbocycles. The maximum atomic E-state index is 11.9. The number of urea groups is 1. The van der Waals surface area contributed by atoms with E-state index in [4.69, 9.17) is 32.4 Å². The highest BCUT2D eigenvalue weighted by atomic mass is 35.5. The molecule has 2 aromatic rings. The van der Waals surface area contributed by atoms with Crippen LogP contribution in [0.25, 0.3) is 0 Å². The highest BCUT2D eigenvalue weighted by Gasteiger charge is 2.21. The largest absolute Gasteiger partial charge is 0.424 e. The van der Waals surface area contributed by atoms with Crippen molar-refractivity contribution >= 4 is 29.2 Å². The maximum Gasteiger partial charge on any atom is 0.315 e. The Hall–Kier alpha value is -1.87. The van der Waals surface area contributed by atoms with Gasteiger partial charge in [0.15, 0.2) is 0 Å². The fourth-order valence-electron chi connectivity index (χ4n) is 2.78. The zero-order chi connectivity index (χ0) is 19.2. The lowest BCUT2D eigenvalue weighted by Gasteiger charge is -2.33. The van der Waals surface area contributed by atoms with Gasteiger partial charge in [-0.05, 0) is 17.7 Å². The maximum absolute atomic E-state index is 11.9. The zero-order valence-corrected chi connectivity index (χ0v) is 16.4. The highest BCUT2D eigenvalue weighted by Crippen LogP contribution is 2.23. The van der Waals surface area contributed by atoms with Crippen LogP contribution in [-0.2, 0) is 17.8 Å². The van der Waals surface area contributed by atoms with Crippen LogP contribution < -0.4 is 10.6 Å². The fourth-order valence-corrected chi connectivity index (χ4v) is 3.10. The number of amides is 2. The number of morpholine rings is 1. The van der Waals surface area contributed by atoms with Crippen LogP contribution in [0.5, 0.6) is 0 Å². The van der Waals surface area contributed by atoms with E-state index in [1.54, 1.807) is 13.0 Å². The van der Waals surface area contributed by atoms with Gasteiger partial charge in [0.05, 0.1) is 29.3 Å². The first-order valence-electron chi connectivity index (χ1n) is 8.58. The molecule has 2 N–H and O–H groups in total. The van der Waals surface area contributed by atoms with Gasteiger partial charge >= 0.3 is 6.03 Å². The third-order valence-electron chi connectivity index (χ3n) is 4.07. The van der Waals surface area contributed by atoms with Crippen molar-refractivity contribution in [2.24, 2.45) is 0 Å². The number of aryl methyl sites for hydroxylation is 1. The Balaban J connectivity index is 1.41. The van der Waals surface area contributed by atoms with Crippen LogP contribution in [0.1, 0.15) is 17.3 Å². The second-order valence-electron chi connectivity index (χ2n) is 6.25. The average molecular weight is 414 g/mol. The van der Waals surface area contributed by atoms with Crippen LogP contribution in [0.2, 0.25) is 10.0 Å². The number of carbonyl (C=O) groups excluding carboxylic acids is 1. The Bertz CT molecular complexity index is 786. The second kappa shape index (κ2) is 9.36. The molecular weight excluding hydrogens is 393 g/mol. The number of benzene rings is 1. The molecule has 1 aromatic carbocycles. The Morgan fingerprint density at radius 2 is 2.15 bits per heavy atom. The minimum Gasteiger partial charge on any atom is -0.424 e. The molecule has 0 radical (unpaired) electrons. The molecule has 10 heteroatoms. The Kier molecular flexibility index (Phi) is 6.89. The first-order chi connectivity index (χ1) is 13.0. The predicted octanol–water partition coefficient (Wildman–Crippen LogP) is 2.39. The van der Waals surface area contributed by atoms with Crippen LogP contribution in [0.4, 0.5) is 4.79 Å². The molecule has 1 fully saturated rings. The van der Waals surface area contributed by atoms with Crippen molar-refractivity contribution < 1.29 is 13.9 Å². The summed E-state index contributed by atoms with van der Waals surface area (Å²) in [5.74, 6) is 0.828. The number of rotatable bonds is 6. The summed E-state index contributed by atoms with van der Waals surface area (Å²) in [6.45, 7) is 5.17.